The first-order valence-electron chi connectivity index (χ1n) is 11.7. The van der Waals surface area contributed by atoms with Crippen LogP contribution in [0.4, 0.5) is 4.39 Å². The molecule has 0 unspecified atom stereocenters. The van der Waals surface area contributed by atoms with Crippen LogP contribution in [0.5, 0.6) is 0 Å². The molecule has 0 heterocycles. The first-order valence-corrected chi connectivity index (χ1v) is 11.7. The first-order chi connectivity index (χ1) is 15.6. The summed E-state index contributed by atoms with van der Waals surface area (Å²) in [5, 5.41) is 2.83. The molecule has 2 aromatic carbocycles. The topological polar surface area (TPSA) is 49.4 Å². The average Bonchev–Trinajstić information content (AvgIpc) is 3.19. The summed E-state index contributed by atoms with van der Waals surface area (Å²) in [5.41, 5.74) is 4.65. The SMILES string of the molecule is CCCN(CCCCNC(=O)c1ccccc1F)[C@H]1CCc2c(ccc3c2C(=O)C=C3)C1. The van der Waals surface area contributed by atoms with Gasteiger partial charge in [-0.05, 0) is 86.5 Å². The lowest BCUT2D eigenvalue weighted by atomic mass is 9.83. The maximum Gasteiger partial charge on any atom is 0.254 e. The minimum absolute atomic E-state index is 0.0983. The molecule has 1 atom stereocenters. The van der Waals surface area contributed by atoms with Crippen molar-refractivity contribution in [2.75, 3.05) is 19.6 Å². The van der Waals surface area contributed by atoms with E-state index in [0.717, 1.165) is 62.7 Å². The van der Waals surface area contributed by atoms with Gasteiger partial charge in [-0.3, -0.25) is 9.59 Å². The molecule has 0 spiro atoms. The lowest BCUT2D eigenvalue weighted by Crippen LogP contribution is -2.41. The molecule has 0 aromatic heterocycles. The summed E-state index contributed by atoms with van der Waals surface area (Å²) >= 11 is 0. The normalized spacial score (nSPS) is 16.8. The molecule has 0 bridgehead atoms. The molecule has 0 fully saturated rings. The molecule has 4 nitrogen and oxygen atoms in total. The van der Waals surface area contributed by atoms with Gasteiger partial charge in [0, 0.05) is 18.2 Å². The van der Waals surface area contributed by atoms with E-state index in [2.05, 4.69) is 29.3 Å². The smallest absolute Gasteiger partial charge is 0.254 e. The number of nitrogens with one attached hydrogen (secondary N) is 1. The molecule has 0 saturated carbocycles. The largest absolute Gasteiger partial charge is 0.352 e. The molecule has 0 aliphatic heterocycles. The molecular weight excluding hydrogens is 403 g/mol. The maximum absolute atomic E-state index is 13.7. The summed E-state index contributed by atoms with van der Waals surface area (Å²) in [4.78, 5) is 27.0. The molecule has 2 aliphatic rings. The fraction of sp³-hybridized carbons (Fsp3) is 0.407. The van der Waals surface area contributed by atoms with Crippen LogP contribution < -0.4 is 5.32 Å². The maximum atomic E-state index is 13.7. The van der Waals surface area contributed by atoms with E-state index in [-0.39, 0.29) is 17.3 Å². The number of hydrogen-bond donors (Lipinski definition) is 1. The predicted molar refractivity (Wildman–Crippen MR) is 125 cm³/mol. The van der Waals surface area contributed by atoms with E-state index in [0.29, 0.717) is 12.6 Å². The molecule has 2 aliphatic carbocycles. The number of nitrogens with zero attached hydrogens (tertiary/aromatic N) is 1. The van der Waals surface area contributed by atoms with Crippen molar-refractivity contribution in [1.82, 2.24) is 10.2 Å². The highest BCUT2D eigenvalue weighted by Crippen LogP contribution is 2.33. The summed E-state index contributed by atoms with van der Waals surface area (Å²) in [6.07, 6.45) is 9.56. The lowest BCUT2D eigenvalue weighted by Gasteiger charge is -2.36. The molecule has 1 amide bonds. The second kappa shape index (κ2) is 10.2. The molecule has 0 radical (unpaired) electrons. The second-order valence-electron chi connectivity index (χ2n) is 8.74. The van der Waals surface area contributed by atoms with Crippen LogP contribution in [-0.4, -0.2) is 42.3 Å². The Hall–Kier alpha value is -2.79. The first kappa shape index (κ1) is 22.4. The summed E-state index contributed by atoms with van der Waals surface area (Å²) in [7, 11) is 0. The summed E-state index contributed by atoms with van der Waals surface area (Å²) in [6, 6.07) is 10.8. The van der Waals surface area contributed by atoms with Crippen LogP contribution in [0.1, 0.15) is 70.0 Å². The highest BCUT2D eigenvalue weighted by atomic mass is 19.1. The molecular formula is C27H31FN2O2. The van der Waals surface area contributed by atoms with Crippen molar-refractivity contribution in [3.05, 3.63) is 76.1 Å². The number of fused-ring (bicyclic) bond motifs is 3. The Bertz CT molecular complexity index is 1030. The monoisotopic (exact) mass is 434 g/mol. The molecule has 4 rings (SSSR count). The highest BCUT2D eigenvalue weighted by Gasteiger charge is 2.28. The number of rotatable bonds is 9. The standard InChI is InChI=1S/C27H31FN2O2/c1-2-16-30(17-6-5-15-29-27(32)23-7-3-4-8-24(23)28)21-12-13-22-20(18-21)10-9-19-11-14-25(31)26(19)22/h3-4,7-11,14,21H,2,5-6,12-13,15-18H2,1H3,(H,29,32)/t21-/m0/s1. The van der Waals surface area contributed by atoms with E-state index in [1.54, 1.807) is 18.2 Å². The van der Waals surface area contributed by atoms with E-state index in [4.69, 9.17) is 0 Å². The van der Waals surface area contributed by atoms with Gasteiger partial charge in [-0.15, -0.1) is 0 Å². The van der Waals surface area contributed by atoms with Crippen LogP contribution in [0, 0.1) is 5.82 Å². The van der Waals surface area contributed by atoms with Crippen LogP contribution in [0.3, 0.4) is 0 Å². The van der Waals surface area contributed by atoms with Crippen molar-refractivity contribution in [3.63, 3.8) is 0 Å². The number of carbonyl (C=O) groups excluding carboxylic acids is 2. The van der Waals surface area contributed by atoms with Crippen LogP contribution in [0.25, 0.3) is 6.08 Å². The molecule has 168 valence electrons. The van der Waals surface area contributed by atoms with Gasteiger partial charge in [0.05, 0.1) is 5.56 Å². The quantitative estimate of drug-likeness (QED) is 0.576. The van der Waals surface area contributed by atoms with Crippen molar-refractivity contribution >= 4 is 17.8 Å². The number of unbranched alkanes of at least 4 members (excludes halogenated alkanes) is 1. The minimum atomic E-state index is -0.486. The number of carbonyl (C=O) groups is 2. The van der Waals surface area contributed by atoms with Crippen molar-refractivity contribution in [1.29, 1.82) is 0 Å². The van der Waals surface area contributed by atoms with E-state index < -0.39 is 5.82 Å². The second-order valence-corrected chi connectivity index (χ2v) is 8.74. The van der Waals surface area contributed by atoms with Gasteiger partial charge in [-0.1, -0.05) is 37.3 Å². The molecule has 5 heteroatoms. The van der Waals surface area contributed by atoms with Crippen molar-refractivity contribution in [2.24, 2.45) is 0 Å². The highest BCUT2D eigenvalue weighted by molar-refractivity contribution is 6.14. The zero-order valence-corrected chi connectivity index (χ0v) is 18.7. The zero-order chi connectivity index (χ0) is 22.5. The van der Waals surface area contributed by atoms with Gasteiger partial charge in [0.15, 0.2) is 5.78 Å². The third kappa shape index (κ3) is 4.83. The molecule has 2 aromatic rings. The van der Waals surface area contributed by atoms with Crippen LogP contribution in [0.2, 0.25) is 0 Å². The summed E-state index contributed by atoms with van der Waals surface area (Å²) < 4.78 is 13.7. The predicted octanol–water partition coefficient (Wildman–Crippen LogP) is 4.81. The van der Waals surface area contributed by atoms with Gasteiger partial charge in [-0.2, -0.15) is 0 Å². The Morgan fingerprint density at radius 2 is 1.97 bits per heavy atom. The Morgan fingerprint density at radius 3 is 2.78 bits per heavy atom. The van der Waals surface area contributed by atoms with Gasteiger partial charge >= 0.3 is 0 Å². The third-order valence-electron chi connectivity index (χ3n) is 6.59. The number of allylic oxidation sites excluding steroid dienone is 1. The van der Waals surface area contributed by atoms with Gasteiger partial charge < -0.3 is 10.2 Å². The number of amides is 1. The Kier molecular flexibility index (Phi) is 7.15. The zero-order valence-electron chi connectivity index (χ0n) is 18.7. The molecule has 1 N–H and O–H groups in total. The van der Waals surface area contributed by atoms with Crippen LogP contribution in [0.15, 0.2) is 42.5 Å². The Morgan fingerprint density at radius 1 is 1.12 bits per heavy atom. The van der Waals surface area contributed by atoms with Crippen molar-refractivity contribution in [3.8, 4) is 0 Å². The van der Waals surface area contributed by atoms with Gasteiger partial charge in [0.1, 0.15) is 5.82 Å². The lowest BCUT2D eigenvalue weighted by molar-refractivity contribution is 0.0947. The average molecular weight is 435 g/mol. The minimum Gasteiger partial charge on any atom is -0.352 e. The van der Waals surface area contributed by atoms with Crippen LogP contribution >= 0.6 is 0 Å². The molecule has 32 heavy (non-hydrogen) atoms. The number of benzene rings is 2. The Balaban J connectivity index is 1.28. The van der Waals surface area contributed by atoms with Gasteiger partial charge in [-0.25, -0.2) is 4.39 Å². The number of ketones is 1. The number of hydrogen-bond acceptors (Lipinski definition) is 3. The third-order valence-corrected chi connectivity index (χ3v) is 6.59. The van der Waals surface area contributed by atoms with E-state index in [1.165, 1.54) is 23.3 Å². The van der Waals surface area contributed by atoms with E-state index >= 15 is 0 Å². The van der Waals surface area contributed by atoms with E-state index in [9.17, 15) is 14.0 Å². The van der Waals surface area contributed by atoms with Crippen molar-refractivity contribution in [2.45, 2.75) is 51.5 Å². The summed E-state index contributed by atoms with van der Waals surface area (Å²) in [6.45, 7) is 4.78. The van der Waals surface area contributed by atoms with Gasteiger partial charge in [0.25, 0.3) is 5.91 Å². The molecule has 0 saturated heterocycles. The fourth-order valence-electron chi connectivity index (χ4n) is 4.99. The summed E-state index contributed by atoms with van der Waals surface area (Å²) in [5.74, 6) is -0.688. The Labute approximate surface area is 189 Å². The number of halogens is 1. The van der Waals surface area contributed by atoms with Crippen molar-refractivity contribution < 1.29 is 14.0 Å². The van der Waals surface area contributed by atoms with E-state index in [1.807, 2.05) is 6.08 Å². The van der Waals surface area contributed by atoms with Gasteiger partial charge in [0.2, 0.25) is 0 Å². The fourth-order valence-corrected chi connectivity index (χ4v) is 4.99. The van der Waals surface area contributed by atoms with Crippen LogP contribution in [-0.2, 0) is 12.8 Å².